The highest BCUT2D eigenvalue weighted by molar-refractivity contribution is 7.71. The van der Waals surface area contributed by atoms with Gasteiger partial charge in [-0.1, -0.05) is 52.7 Å². The fourth-order valence-corrected chi connectivity index (χ4v) is 9.74. The van der Waals surface area contributed by atoms with E-state index in [1.807, 2.05) is 62.6 Å². The summed E-state index contributed by atoms with van der Waals surface area (Å²) in [5.41, 5.74) is 9.35. The normalized spacial score (nSPS) is 14.1. The molecule has 1 saturated carbocycles. The molecule has 0 saturated heterocycles. The van der Waals surface area contributed by atoms with Gasteiger partial charge in [-0.3, -0.25) is 4.79 Å². The number of nitrogens with two attached hydrogens (primary N) is 1. The van der Waals surface area contributed by atoms with Gasteiger partial charge < -0.3 is 34.7 Å². The average molecular weight is 745 g/mol. The van der Waals surface area contributed by atoms with Crippen LogP contribution in [0.15, 0.2) is 54.9 Å². The Morgan fingerprint density at radius 3 is 2.34 bits per heavy atom. The molecule has 1 aliphatic carbocycles. The third-order valence-electron chi connectivity index (χ3n) is 10.2. The Morgan fingerprint density at radius 1 is 1.00 bits per heavy atom. The van der Waals surface area contributed by atoms with Crippen molar-refractivity contribution in [3.8, 4) is 5.75 Å². The van der Waals surface area contributed by atoms with E-state index in [1.165, 1.54) is 17.7 Å². The molecule has 0 radical (unpaired) electrons. The van der Waals surface area contributed by atoms with Crippen LogP contribution in [0.4, 0.5) is 16.3 Å². The average Bonchev–Trinajstić information content (AvgIpc) is 3.84. The Morgan fingerprint density at radius 2 is 1.68 bits per heavy atom. The van der Waals surface area contributed by atoms with Gasteiger partial charge in [0.2, 0.25) is 5.91 Å². The van der Waals surface area contributed by atoms with E-state index in [-0.39, 0.29) is 11.8 Å². The number of anilines is 2. The van der Waals surface area contributed by atoms with Gasteiger partial charge in [0.1, 0.15) is 18.7 Å². The number of ether oxygens (including phenoxy) is 1. The molecule has 5 rings (SSSR count). The van der Waals surface area contributed by atoms with Gasteiger partial charge in [0.05, 0.1) is 12.4 Å². The molecule has 0 aliphatic heterocycles. The lowest BCUT2D eigenvalue weighted by Crippen LogP contribution is -2.47. The molecule has 1 atom stereocenters. The SMILES string of the molecule is CCCP(=O)(CCC)c1ccc(Nc2nc(C3CCCC3)nc3c2ncn3CCc2cccc(OC(=O)N(C)CCN(C)C(=O)[C@H](N)C(C)C)c2)cc1. The first-order valence-electron chi connectivity index (χ1n) is 19.1. The van der Waals surface area contributed by atoms with Crippen LogP contribution in [-0.2, 0) is 22.3 Å². The van der Waals surface area contributed by atoms with Crippen molar-refractivity contribution < 1.29 is 18.9 Å². The summed E-state index contributed by atoms with van der Waals surface area (Å²) in [4.78, 5) is 43.2. The van der Waals surface area contributed by atoms with E-state index in [9.17, 15) is 14.2 Å². The highest BCUT2D eigenvalue weighted by atomic mass is 31.2. The Balaban J connectivity index is 1.27. The first-order valence-corrected chi connectivity index (χ1v) is 21.2. The summed E-state index contributed by atoms with van der Waals surface area (Å²) in [5.74, 6) is 2.14. The van der Waals surface area contributed by atoms with Crippen LogP contribution in [0.25, 0.3) is 11.2 Å². The summed E-state index contributed by atoms with van der Waals surface area (Å²) in [6.45, 7) is 9.28. The van der Waals surface area contributed by atoms with Gasteiger partial charge in [0, 0.05) is 63.0 Å². The first kappa shape index (κ1) is 39.9. The number of aryl methyl sites for hydroxylation is 2. The summed E-state index contributed by atoms with van der Waals surface area (Å²) in [5, 5.41) is 4.45. The van der Waals surface area contributed by atoms with Crippen molar-refractivity contribution in [1.82, 2.24) is 29.3 Å². The number of fused-ring (bicyclic) bond motifs is 1. The number of likely N-dealkylation sites (N-methyl/N-ethyl adjacent to an activating group) is 2. The molecule has 0 spiro atoms. The minimum absolute atomic E-state index is 0.0306. The zero-order valence-electron chi connectivity index (χ0n) is 32.3. The van der Waals surface area contributed by atoms with Crippen LogP contribution in [0.2, 0.25) is 0 Å². The van der Waals surface area contributed by atoms with Crippen LogP contribution in [0, 0.1) is 5.92 Å². The number of hydrogen-bond donors (Lipinski definition) is 2. The molecule has 2 aromatic heterocycles. The topological polar surface area (TPSA) is 149 Å². The molecule has 0 bridgehead atoms. The predicted molar refractivity (Wildman–Crippen MR) is 213 cm³/mol. The maximum atomic E-state index is 13.7. The lowest BCUT2D eigenvalue weighted by Gasteiger charge is -2.25. The van der Waals surface area contributed by atoms with E-state index in [0.29, 0.717) is 49.1 Å². The number of imidazole rings is 1. The summed E-state index contributed by atoms with van der Waals surface area (Å²) < 4.78 is 21.5. The number of nitrogens with one attached hydrogen (secondary N) is 1. The number of rotatable bonds is 17. The minimum atomic E-state index is -2.41. The summed E-state index contributed by atoms with van der Waals surface area (Å²) in [7, 11) is 0.934. The van der Waals surface area contributed by atoms with Crippen molar-refractivity contribution in [1.29, 1.82) is 0 Å². The second-order valence-electron chi connectivity index (χ2n) is 14.7. The van der Waals surface area contributed by atoms with Gasteiger partial charge in [-0.25, -0.2) is 19.7 Å². The van der Waals surface area contributed by atoms with Crippen molar-refractivity contribution in [2.24, 2.45) is 11.7 Å². The molecule has 3 N–H and O–H groups in total. The molecule has 4 aromatic rings. The Kier molecular flexibility index (Phi) is 13.7. The first-order chi connectivity index (χ1) is 25.4. The van der Waals surface area contributed by atoms with Crippen LogP contribution in [0.3, 0.4) is 0 Å². The van der Waals surface area contributed by atoms with Gasteiger partial charge in [-0.15, -0.1) is 0 Å². The Hall–Kier alpha value is -4.28. The highest BCUT2D eigenvalue weighted by Crippen LogP contribution is 2.45. The van der Waals surface area contributed by atoms with E-state index >= 15 is 0 Å². The van der Waals surface area contributed by atoms with Gasteiger partial charge in [-0.2, -0.15) is 0 Å². The maximum Gasteiger partial charge on any atom is 0.415 e. The Bertz CT molecular complexity index is 1880. The molecule has 0 unspecified atom stereocenters. The quantitative estimate of drug-likeness (QED) is 0.108. The number of nitrogens with zero attached hydrogens (tertiary/aromatic N) is 6. The van der Waals surface area contributed by atoms with Gasteiger partial charge >= 0.3 is 6.09 Å². The lowest BCUT2D eigenvalue weighted by atomic mass is 10.0. The van der Waals surface area contributed by atoms with Gasteiger partial charge in [-0.05, 0) is 80.0 Å². The number of aromatic nitrogens is 4. The molecule has 286 valence electrons. The highest BCUT2D eigenvalue weighted by Gasteiger charge is 2.25. The second-order valence-corrected chi connectivity index (χ2v) is 17.9. The molecule has 12 nitrogen and oxygen atoms in total. The fourth-order valence-electron chi connectivity index (χ4n) is 6.86. The van der Waals surface area contributed by atoms with Crippen molar-refractivity contribution in [2.45, 2.75) is 91.1 Å². The maximum absolute atomic E-state index is 13.7. The standard InChI is InChI=1S/C40H57N8O4P/c1-7-24-53(51,25-8-2)33-18-16-31(17-19-33)43-37-35-38(45-36(44-37)30-13-9-10-14-30)48(27-42-35)21-20-29-12-11-15-32(26-29)52-40(50)47(6)23-22-46(5)39(49)34(41)28(3)4/h11-12,15-19,26-28,30,34H,7-10,13-14,20-25,41H2,1-6H3,(H,43,44,45)/t34-/m1/s1. The van der Waals surface area contributed by atoms with Crippen LogP contribution in [0.5, 0.6) is 5.75 Å². The predicted octanol–water partition coefficient (Wildman–Crippen LogP) is 7.15. The third-order valence-corrected chi connectivity index (χ3v) is 13.8. The zero-order chi connectivity index (χ0) is 38.1. The molecule has 53 heavy (non-hydrogen) atoms. The number of hydrogen-bond acceptors (Lipinski definition) is 9. The number of benzene rings is 2. The minimum Gasteiger partial charge on any atom is -0.410 e. The number of carbonyl (C=O) groups excluding carboxylic acids is 2. The Labute approximate surface area is 314 Å². The summed E-state index contributed by atoms with van der Waals surface area (Å²) in [6, 6.07) is 14.9. The zero-order valence-corrected chi connectivity index (χ0v) is 33.1. The van der Waals surface area contributed by atoms with Crippen LogP contribution >= 0.6 is 7.14 Å². The second kappa shape index (κ2) is 18.2. The lowest BCUT2D eigenvalue weighted by molar-refractivity contribution is -0.132. The van der Waals surface area contributed by atoms with Crippen molar-refractivity contribution in [3.63, 3.8) is 0 Å². The summed E-state index contributed by atoms with van der Waals surface area (Å²) >= 11 is 0. The van der Waals surface area contributed by atoms with Crippen molar-refractivity contribution in [2.75, 3.05) is 44.8 Å². The van der Waals surface area contributed by atoms with E-state index in [2.05, 4.69) is 23.7 Å². The monoisotopic (exact) mass is 744 g/mol. The van der Waals surface area contributed by atoms with E-state index in [1.54, 1.807) is 25.1 Å². The molecule has 2 amide bonds. The molecule has 1 aliphatic rings. The van der Waals surface area contributed by atoms with Gasteiger partial charge in [0.25, 0.3) is 0 Å². The van der Waals surface area contributed by atoms with Crippen LogP contribution < -0.4 is 21.1 Å². The van der Waals surface area contributed by atoms with E-state index in [0.717, 1.165) is 66.0 Å². The molecule has 2 heterocycles. The molecular weight excluding hydrogens is 687 g/mol. The van der Waals surface area contributed by atoms with Gasteiger partial charge in [0.15, 0.2) is 17.0 Å². The third kappa shape index (κ3) is 10.0. The van der Waals surface area contributed by atoms with E-state index in [4.69, 9.17) is 25.4 Å². The van der Waals surface area contributed by atoms with Crippen LogP contribution in [0.1, 0.15) is 83.5 Å². The van der Waals surface area contributed by atoms with Crippen LogP contribution in [-0.4, -0.2) is 86.9 Å². The smallest absolute Gasteiger partial charge is 0.410 e. The summed E-state index contributed by atoms with van der Waals surface area (Å²) in [6.07, 6.45) is 9.72. The van der Waals surface area contributed by atoms with Crippen molar-refractivity contribution in [3.05, 3.63) is 66.2 Å². The number of amides is 2. The molecular formula is C40H57N8O4P. The molecule has 1 fully saturated rings. The molecule has 13 heteroatoms. The largest absolute Gasteiger partial charge is 0.415 e. The number of carbonyl (C=O) groups is 2. The van der Waals surface area contributed by atoms with Crippen molar-refractivity contribution >= 4 is 47.1 Å². The molecule has 2 aromatic carbocycles. The fraction of sp³-hybridized carbons (Fsp3) is 0.525. The van der Waals surface area contributed by atoms with E-state index < -0.39 is 19.3 Å².